The van der Waals surface area contributed by atoms with Crippen LogP contribution in [0.3, 0.4) is 0 Å². The zero-order chi connectivity index (χ0) is 27.7. The van der Waals surface area contributed by atoms with Crippen LogP contribution in [0.25, 0.3) is 32.1 Å². The number of benzene rings is 3. The molecule has 3 aromatic rings. The topological polar surface area (TPSA) is 56.3 Å². The van der Waals surface area contributed by atoms with Gasteiger partial charge < -0.3 is 0 Å². The van der Waals surface area contributed by atoms with E-state index in [4.69, 9.17) is 13.1 Å². The molecule has 37 heavy (non-hydrogen) atoms. The molecule has 0 fully saturated rings. The molecule has 0 aromatic heterocycles. The highest BCUT2D eigenvalue weighted by molar-refractivity contribution is 5.83. The van der Waals surface area contributed by atoms with Crippen LogP contribution in [-0.4, -0.2) is 0 Å². The first kappa shape index (κ1) is 26.5. The minimum absolute atomic E-state index is 0.0932. The number of alkyl halides is 3. The molecule has 4 nitrogen and oxygen atoms in total. The summed E-state index contributed by atoms with van der Waals surface area (Å²) in [5.74, 6) is -8.22. The molecule has 0 spiro atoms. The van der Waals surface area contributed by atoms with Crippen LogP contribution in [0.1, 0.15) is 16.7 Å². The zero-order valence-electron chi connectivity index (χ0n) is 18.4. The predicted octanol–water partition coefficient (Wildman–Crippen LogP) is 6.06. The number of hydrogen-bond donors (Lipinski definition) is 0. The van der Waals surface area contributed by atoms with Gasteiger partial charge in [0.05, 0.1) is 35.9 Å². The van der Waals surface area contributed by atoms with E-state index >= 15 is 0 Å². The Labute approximate surface area is 204 Å². The van der Waals surface area contributed by atoms with E-state index in [0.29, 0.717) is 6.07 Å². The van der Waals surface area contributed by atoms with Crippen molar-refractivity contribution < 1.29 is 30.7 Å². The maximum atomic E-state index is 14.8. The van der Waals surface area contributed by atoms with Crippen molar-refractivity contribution >= 4 is 17.0 Å². The Morgan fingerprint density at radius 2 is 1.49 bits per heavy atom. The fourth-order valence-electron chi connectivity index (χ4n) is 3.59. The molecule has 0 atom stereocenters. The molecule has 0 N–H and O–H groups in total. The first-order chi connectivity index (χ1) is 17.4. The third-order valence-corrected chi connectivity index (χ3v) is 5.35. The molecule has 182 valence electrons. The Morgan fingerprint density at radius 1 is 0.865 bits per heavy atom. The second kappa shape index (κ2) is 9.85. The Balaban J connectivity index is 2.63. The third-order valence-electron chi connectivity index (χ3n) is 5.35. The summed E-state index contributed by atoms with van der Waals surface area (Å²) >= 11 is 0. The second-order valence-corrected chi connectivity index (χ2v) is 7.44. The number of hydrogen-bond acceptors (Lipinski definition) is 2. The number of aryl methyl sites for hydroxylation is 1. The minimum Gasteiger partial charge on any atom is -0.232 e. The molecular weight excluding hydrogens is 501 g/mol. The van der Waals surface area contributed by atoms with Gasteiger partial charge in [-0.25, -0.2) is 32.5 Å². The molecule has 0 aliphatic rings. The third kappa shape index (κ3) is 4.59. The highest BCUT2D eigenvalue weighted by Gasteiger charge is 2.33. The summed E-state index contributed by atoms with van der Waals surface area (Å²) in [6.45, 7) is 15.0. The molecule has 0 bridgehead atoms. The van der Waals surface area contributed by atoms with Gasteiger partial charge in [0.25, 0.3) is 11.4 Å². The van der Waals surface area contributed by atoms with E-state index in [9.17, 15) is 41.3 Å². The summed E-state index contributed by atoms with van der Waals surface area (Å²) in [6.07, 6.45) is -4.81. The van der Waals surface area contributed by atoms with E-state index in [1.807, 2.05) is 0 Å². The van der Waals surface area contributed by atoms with E-state index in [1.54, 1.807) is 6.07 Å². The van der Waals surface area contributed by atoms with E-state index in [2.05, 4.69) is 9.69 Å². The summed E-state index contributed by atoms with van der Waals surface area (Å²) in [4.78, 5) is 5.42. The second-order valence-electron chi connectivity index (χ2n) is 7.44. The maximum Gasteiger partial charge on any atom is 0.416 e. The number of rotatable bonds is 2. The molecule has 3 rings (SSSR count). The van der Waals surface area contributed by atoms with E-state index in [1.165, 1.54) is 19.1 Å². The Kier molecular flexibility index (Phi) is 7.05. The fourth-order valence-corrected chi connectivity index (χ4v) is 3.59. The first-order valence-electron chi connectivity index (χ1n) is 9.89. The highest BCUT2D eigenvalue weighted by Crippen LogP contribution is 2.35. The van der Waals surface area contributed by atoms with Gasteiger partial charge in [-0.3, -0.25) is 0 Å². The van der Waals surface area contributed by atoms with E-state index < -0.39 is 62.7 Å². The van der Waals surface area contributed by atoms with Gasteiger partial charge in [0.1, 0.15) is 6.07 Å². The molecule has 0 amide bonds. The van der Waals surface area contributed by atoms with Crippen LogP contribution >= 0.6 is 0 Å². The average Bonchev–Trinajstić information content (AvgIpc) is 2.86. The fraction of sp³-hybridized carbons (Fsp3) is 0.0769. The van der Waals surface area contributed by atoms with Gasteiger partial charge in [0, 0.05) is 5.22 Å². The lowest BCUT2D eigenvalue weighted by molar-refractivity contribution is -0.138. The van der Waals surface area contributed by atoms with Crippen molar-refractivity contribution in [1.29, 1.82) is 10.5 Å². The summed E-state index contributed by atoms with van der Waals surface area (Å²) < 4.78 is 98.9. The van der Waals surface area contributed by atoms with Crippen LogP contribution in [0.15, 0.2) is 36.4 Å². The van der Waals surface area contributed by atoms with Crippen LogP contribution in [0.4, 0.5) is 36.4 Å². The molecule has 0 aliphatic heterocycles. The van der Waals surface area contributed by atoms with Crippen molar-refractivity contribution in [3.8, 4) is 23.3 Å². The molecule has 0 radical (unpaired) electrons. The van der Waals surface area contributed by atoms with Crippen LogP contribution in [0.2, 0.25) is 0 Å². The van der Waals surface area contributed by atoms with E-state index in [0.717, 1.165) is 24.3 Å². The van der Waals surface area contributed by atoms with Gasteiger partial charge in [0.2, 0.25) is 0 Å². The normalized spacial score (nSPS) is 12.5. The zero-order valence-corrected chi connectivity index (χ0v) is 18.4. The van der Waals surface area contributed by atoms with Gasteiger partial charge in [-0.1, -0.05) is 30.3 Å². The van der Waals surface area contributed by atoms with E-state index in [-0.39, 0.29) is 21.9 Å². The van der Waals surface area contributed by atoms with Crippen LogP contribution in [0, 0.1) is 66.0 Å². The monoisotopic (exact) mass is 510 g/mol. The van der Waals surface area contributed by atoms with Crippen molar-refractivity contribution in [3.05, 3.63) is 110 Å². The van der Waals surface area contributed by atoms with Crippen LogP contribution in [0.5, 0.6) is 0 Å². The van der Waals surface area contributed by atoms with Crippen molar-refractivity contribution in [2.24, 2.45) is 0 Å². The quantitative estimate of drug-likeness (QED) is 0.239. The van der Waals surface area contributed by atoms with Crippen molar-refractivity contribution in [2.75, 3.05) is 0 Å². The Bertz CT molecular complexity index is 1710. The molecule has 0 saturated heterocycles. The summed E-state index contributed by atoms with van der Waals surface area (Å²) in [5, 5.41) is 18.4. The molecule has 0 aliphatic carbocycles. The maximum absolute atomic E-state index is 14.8. The van der Waals surface area contributed by atoms with Gasteiger partial charge in [-0.2, -0.15) is 18.4 Å². The highest BCUT2D eigenvalue weighted by atomic mass is 19.4. The summed E-state index contributed by atoms with van der Waals surface area (Å²) in [7, 11) is 0. The van der Waals surface area contributed by atoms with Gasteiger partial charge in [0.15, 0.2) is 23.3 Å². The molecule has 3 aromatic carbocycles. The molecule has 0 unspecified atom stereocenters. The Hall–Kier alpha value is -5.13. The number of nitriles is 2. The molecular formula is C26H9F7N4. The lowest BCUT2D eigenvalue weighted by atomic mass is 9.93. The minimum atomic E-state index is -4.81. The predicted molar refractivity (Wildman–Crippen MR) is 117 cm³/mol. The number of halogens is 7. The van der Waals surface area contributed by atoms with Gasteiger partial charge in [-0.05, 0) is 34.9 Å². The molecule has 11 heteroatoms. The van der Waals surface area contributed by atoms with Crippen molar-refractivity contribution in [1.82, 2.24) is 0 Å². The molecule has 0 heterocycles. The van der Waals surface area contributed by atoms with Crippen molar-refractivity contribution in [2.45, 2.75) is 13.1 Å². The van der Waals surface area contributed by atoms with Gasteiger partial charge >= 0.3 is 6.18 Å². The largest absolute Gasteiger partial charge is 0.416 e. The van der Waals surface area contributed by atoms with Crippen LogP contribution in [-0.2, 0) is 6.18 Å². The summed E-state index contributed by atoms with van der Waals surface area (Å²) in [6, 6.07) is 9.11. The average molecular weight is 510 g/mol. The van der Waals surface area contributed by atoms with Crippen molar-refractivity contribution in [3.63, 3.8) is 0 Å². The first-order valence-corrected chi connectivity index (χ1v) is 9.89. The molecule has 0 saturated carbocycles. The number of nitrogens with zero attached hydrogens (tertiary/aromatic N) is 4. The lowest BCUT2D eigenvalue weighted by Crippen LogP contribution is -2.18. The van der Waals surface area contributed by atoms with Gasteiger partial charge in [-0.15, -0.1) is 0 Å². The SMILES string of the molecule is [C-]#[N+]/C(C#N)=c1\cc/c(=C(/C#N)c2c(F)c(F)c([N+]#[C-])c(F)c2F)c(-c2ccc(C)c(C(F)(F)F)c2)c1. The van der Waals surface area contributed by atoms with Crippen LogP contribution < -0.4 is 10.4 Å². The smallest absolute Gasteiger partial charge is 0.232 e. The lowest BCUT2D eigenvalue weighted by Gasteiger charge is -2.14. The Morgan fingerprint density at radius 3 is 1.97 bits per heavy atom. The standard InChI is InChI=1S/C26H9F7N4/c1-12-4-5-13(9-18(12)26(31,32)33)16-8-14(19(11-35)36-2)6-7-15(16)17(10-34)20-21(27)23(29)25(37-3)24(30)22(20)28/h4-9H,1H3/b17-15+,19-14+. The summed E-state index contributed by atoms with van der Waals surface area (Å²) in [5.41, 5.74) is -6.30.